The van der Waals surface area contributed by atoms with Crippen molar-refractivity contribution in [3.8, 4) is 0 Å². The molecule has 9 nitrogen and oxygen atoms in total. The number of nitrogens with zero attached hydrogens (tertiary/aromatic N) is 4. The summed E-state index contributed by atoms with van der Waals surface area (Å²) < 4.78 is 28.5. The zero-order valence-corrected chi connectivity index (χ0v) is 12.6. The van der Waals surface area contributed by atoms with Gasteiger partial charge in [-0.05, 0) is 12.8 Å². The van der Waals surface area contributed by atoms with E-state index in [0.29, 0.717) is 32.5 Å². The van der Waals surface area contributed by atoms with Gasteiger partial charge in [0.25, 0.3) is 0 Å². The van der Waals surface area contributed by atoms with E-state index in [1.165, 1.54) is 17.1 Å². The smallest absolute Gasteiger partial charge is 0.243 e. The number of oxime groups is 1. The van der Waals surface area contributed by atoms with Crippen molar-refractivity contribution < 1.29 is 13.6 Å². The van der Waals surface area contributed by atoms with Gasteiger partial charge < -0.3 is 10.9 Å². The molecule has 0 aromatic carbocycles. The number of nitrogens with one attached hydrogen (secondary N) is 1. The summed E-state index contributed by atoms with van der Waals surface area (Å²) in [5.74, 6) is 0.157. The SMILES string of the molecule is Cn1cc(S(=O)(=O)NC2CCN(CC(N)=NO)CC2)cn1. The number of sulfonamides is 1. The van der Waals surface area contributed by atoms with E-state index in [-0.39, 0.29) is 16.8 Å². The first-order valence-corrected chi connectivity index (χ1v) is 8.09. The molecule has 1 aromatic heterocycles. The molecule has 0 amide bonds. The molecule has 0 saturated carbocycles. The molecule has 2 rings (SSSR count). The van der Waals surface area contributed by atoms with E-state index < -0.39 is 10.0 Å². The topological polar surface area (TPSA) is 126 Å². The Balaban J connectivity index is 1.89. The van der Waals surface area contributed by atoms with Crippen LogP contribution in [0.25, 0.3) is 0 Å². The summed E-state index contributed by atoms with van der Waals surface area (Å²) in [5, 5.41) is 15.3. The number of aryl methyl sites for hydroxylation is 1. The van der Waals surface area contributed by atoms with Crippen molar-refractivity contribution >= 4 is 15.9 Å². The third-order valence-electron chi connectivity index (χ3n) is 3.41. The van der Waals surface area contributed by atoms with Gasteiger partial charge in [0.15, 0.2) is 5.84 Å². The minimum Gasteiger partial charge on any atom is -0.409 e. The van der Waals surface area contributed by atoms with Crippen molar-refractivity contribution in [2.24, 2.45) is 17.9 Å². The van der Waals surface area contributed by atoms with Crippen LogP contribution in [0.5, 0.6) is 0 Å². The van der Waals surface area contributed by atoms with Crippen molar-refractivity contribution in [2.45, 2.75) is 23.8 Å². The lowest BCUT2D eigenvalue weighted by Gasteiger charge is -2.31. The molecule has 0 spiro atoms. The minimum atomic E-state index is -3.52. The van der Waals surface area contributed by atoms with Crippen molar-refractivity contribution in [1.29, 1.82) is 0 Å². The first-order valence-electron chi connectivity index (χ1n) is 6.60. The summed E-state index contributed by atoms with van der Waals surface area (Å²) in [6.45, 7) is 1.77. The van der Waals surface area contributed by atoms with Crippen LogP contribution in [0.2, 0.25) is 0 Å². The molecule has 1 saturated heterocycles. The first kappa shape index (κ1) is 15.7. The van der Waals surface area contributed by atoms with Crippen LogP contribution >= 0.6 is 0 Å². The average Bonchev–Trinajstić information content (AvgIpc) is 2.88. The lowest BCUT2D eigenvalue weighted by molar-refractivity contribution is 0.228. The zero-order valence-electron chi connectivity index (χ0n) is 11.8. The quantitative estimate of drug-likeness (QED) is 0.274. The number of hydrogen-bond donors (Lipinski definition) is 3. The van der Waals surface area contributed by atoms with Crippen molar-refractivity contribution in [2.75, 3.05) is 19.6 Å². The van der Waals surface area contributed by atoms with E-state index in [1.807, 2.05) is 4.90 Å². The summed E-state index contributed by atoms with van der Waals surface area (Å²) >= 11 is 0. The Labute approximate surface area is 123 Å². The van der Waals surface area contributed by atoms with Gasteiger partial charge in [-0.3, -0.25) is 9.58 Å². The molecule has 0 unspecified atom stereocenters. The fourth-order valence-corrected chi connectivity index (χ4v) is 3.58. The normalized spacial score (nSPS) is 19.0. The highest BCUT2D eigenvalue weighted by Gasteiger charge is 2.25. The number of rotatable bonds is 5. The predicted octanol–water partition coefficient (Wildman–Crippen LogP) is -1.09. The molecule has 118 valence electrons. The largest absolute Gasteiger partial charge is 0.409 e. The molecule has 1 aliphatic rings. The molecule has 4 N–H and O–H groups in total. The molecule has 0 radical (unpaired) electrons. The first-order chi connectivity index (χ1) is 9.90. The Morgan fingerprint density at radius 3 is 2.76 bits per heavy atom. The third kappa shape index (κ3) is 4.16. The van der Waals surface area contributed by atoms with E-state index in [2.05, 4.69) is 15.0 Å². The van der Waals surface area contributed by atoms with Gasteiger partial charge in [0.1, 0.15) is 4.90 Å². The molecule has 1 aliphatic heterocycles. The number of aromatic nitrogens is 2. The fraction of sp³-hybridized carbons (Fsp3) is 0.636. The van der Waals surface area contributed by atoms with Gasteiger partial charge in [0.05, 0.1) is 12.7 Å². The summed E-state index contributed by atoms with van der Waals surface area (Å²) in [7, 11) is -1.85. The Kier molecular flexibility index (Phi) is 4.80. The number of likely N-dealkylation sites (tertiary alicyclic amines) is 1. The van der Waals surface area contributed by atoms with Gasteiger partial charge >= 0.3 is 0 Å². The van der Waals surface area contributed by atoms with Gasteiger partial charge in [-0.2, -0.15) is 5.10 Å². The molecule has 0 aliphatic carbocycles. The van der Waals surface area contributed by atoms with E-state index in [0.717, 1.165) is 0 Å². The third-order valence-corrected chi connectivity index (χ3v) is 4.89. The summed E-state index contributed by atoms with van der Waals surface area (Å²) in [6, 6.07) is -0.112. The number of nitrogens with two attached hydrogens (primary N) is 1. The molecule has 2 heterocycles. The Hall–Kier alpha value is -1.65. The lowest BCUT2D eigenvalue weighted by Crippen LogP contribution is -2.46. The molecule has 0 atom stereocenters. The second-order valence-electron chi connectivity index (χ2n) is 5.11. The minimum absolute atomic E-state index is 0.112. The van der Waals surface area contributed by atoms with Crippen LogP contribution in [0, 0.1) is 0 Å². The van der Waals surface area contributed by atoms with Gasteiger partial charge in [0, 0.05) is 32.4 Å². The number of hydrogen-bond acceptors (Lipinski definition) is 6. The molecule has 21 heavy (non-hydrogen) atoms. The monoisotopic (exact) mass is 316 g/mol. The number of amidine groups is 1. The van der Waals surface area contributed by atoms with Crippen LogP contribution in [-0.2, 0) is 17.1 Å². The Bertz CT molecular complexity index is 603. The van der Waals surface area contributed by atoms with Crippen LogP contribution in [-0.4, -0.2) is 59.8 Å². The summed E-state index contributed by atoms with van der Waals surface area (Å²) in [5.41, 5.74) is 5.46. The maximum absolute atomic E-state index is 12.2. The molecule has 1 aromatic rings. The molecule has 1 fully saturated rings. The van der Waals surface area contributed by atoms with Crippen LogP contribution in [0.1, 0.15) is 12.8 Å². The van der Waals surface area contributed by atoms with Crippen LogP contribution in [0.3, 0.4) is 0 Å². The van der Waals surface area contributed by atoms with Gasteiger partial charge in [-0.25, -0.2) is 13.1 Å². The van der Waals surface area contributed by atoms with Crippen molar-refractivity contribution in [3.63, 3.8) is 0 Å². The van der Waals surface area contributed by atoms with Gasteiger partial charge in [-0.15, -0.1) is 0 Å². The second-order valence-corrected chi connectivity index (χ2v) is 6.83. The summed E-state index contributed by atoms with van der Waals surface area (Å²) in [4.78, 5) is 2.19. The van der Waals surface area contributed by atoms with Crippen molar-refractivity contribution in [1.82, 2.24) is 19.4 Å². The predicted molar refractivity (Wildman–Crippen MR) is 76.4 cm³/mol. The second kappa shape index (κ2) is 6.41. The molecule has 10 heteroatoms. The van der Waals surface area contributed by atoms with E-state index in [9.17, 15) is 8.42 Å². The lowest BCUT2D eigenvalue weighted by atomic mass is 10.1. The molecular weight excluding hydrogens is 296 g/mol. The zero-order chi connectivity index (χ0) is 15.5. The van der Waals surface area contributed by atoms with Gasteiger partial charge in [0.2, 0.25) is 10.0 Å². The molecular formula is C11H20N6O3S. The van der Waals surface area contributed by atoms with Crippen LogP contribution in [0.15, 0.2) is 22.4 Å². The standard InChI is InChI=1S/C11H20N6O3S/c1-16-7-10(6-13-16)21(19,20)15-9-2-4-17(5-3-9)8-11(12)14-18/h6-7,9,15,18H,2-5,8H2,1H3,(H2,12,14). The van der Waals surface area contributed by atoms with E-state index in [1.54, 1.807) is 7.05 Å². The highest BCUT2D eigenvalue weighted by molar-refractivity contribution is 7.89. The maximum atomic E-state index is 12.2. The number of piperidine rings is 1. The highest BCUT2D eigenvalue weighted by atomic mass is 32.2. The fourth-order valence-electron chi connectivity index (χ4n) is 2.29. The van der Waals surface area contributed by atoms with E-state index >= 15 is 0 Å². The Morgan fingerprint density at radius 2 is 2.24 bits per heavy atom. The van der Waals surface area contributed by atoms with Crippen LogP contribution in [0.4, 0.5) is 0 Å². The van der Waals surface area contributed by atoms with Crippen LogP contribution < -0.4 is 10.5 Å². The average molecular weight is 316 g/mol. The molecule has 0 bridgehead atoms. The summed E-state index contributed by atoms with van der Waals surface area (Å²) in [6.07, 6.45) is 4.15. The van der Waals surface area contributed by atoms with Crippen molar-refractivity contribution in [3.05, 3.63) is 12.4 Å². The Morgan fingerprint density at radius 1 is 1.57 bits per heavy atom. The van der Waals surface area contributed by atoms with Gasteiger partial charge in [-0.1, -0.05) is 5.16 Å². The highest BCUT2D eigenvalue weighted by Crippen LogP contribution is 2.14. The maximum Gasteiger partial charge on any atom is 0.243 e. The van der Waals surface area contributed by atoms with E-state index in [4.69, 9.17) is 10.9 Å².